The lowest BCUT2D eigenvalue weighted by Gasteiger charge is -2.02. The number of H-pyrrole nitrogens is 1. The molecule has 1 heterocycles. The molecule has 0 aliphatic heterocycles. The van der Waals surface area contributed by atoms with Crippen molar-refractivity contribution in [3.63, 3.8) is 0 Å². The van der Waals surface area contributed by atoms with Gasteiger partial charge in [-0.25, -0.2) is 4.79 Å². The molecule has 0 bridgehead atoms. The number of carboxylic acids is 1. The van der Waals surface area contributed by atoms with Crippen molar-refractivity contribution in [2.45, 2.75) is 27.4 Å². The Labute approximate surface area is 97.6 Å². The standard InChI is InChI=1S/C11H13NO5/c1-5-9(6(2)13)8(4-17-7(3)14)12-10(5)11(15)16/h12H,4H2,1-3H3,(H,15,16). The zero-order valence-electron chi connectivity index (χ0n) is 9.79. The van der Waals surface area contributed by atoms with Gasteiger partial charge in [0.15, 0.2) is 5.78 Å². The van der Waals surface area contributed by atoms with Crippen LogP contribution < -0.4 is 0 Å². The van der Waals surface area contributed by atoms with Gasteiger partial charge in [0.05, 0.1) is 5.69 Å². The first kappa shape index (κ1) is 13.0. The van der Waals surface area contributed by atoms with E-state index in [4.69, 9.17) is 9.84 Å². The summed E-state index contributed by atoms with van der Waals surface area (Å²) in [6.45, 7) is 3.97. The maximum Gasteiger partial charge on any atom is 0.352 e. The van der Waals surface area contributed by atoms with Gasteiger partial charge in [-0.1, -0.05) is 0 Å². The van der Waals surface area contributed by atoms with Gasteiger partial charge < -0.3 is 14.8 Å². The second kappa shape index (κ2) is 4.82. The summed E-state index contributed by atoms with van der Waals surface area (Å²) in [5.74, 6) is -1.92. The molecule has 92 valence electrons. The van der Waals surface area contributed by atoms with E-state index in [0.717, 1.165) is 0 Å². The molecule has 0 aliphatic carbocycles. The minimum atomic E-state index is -1.15. The third-order valence-electron chi connectivity index (χ3n) is 2.31. The third kappa shape index (κ3) is 2.72. The summed E-state index contributed by atoms with van der Waals surface area (Å²) in [5, 5.41) is 8.91. The molecule has 1 aromatic rings. The maximum absolute atomic E-state index is 11.4. The first-order valence-electron chi connectivity index (χ1n) is 4.93. The van der Waals surface area contributed by atoms with Crippen LogP contribution in [0.4, 0.5) is 0 Å². The monoisotopic (exact) mass is 239 g/mol. The minimum Gasteiger partial charge on any atom is -0.477 e. The number of rotatable bonds is 4. The highest BCUT2D eigenvalue weighted by Gasteiger charge is 2.21. The smallest absolute Gasteiger partial charge is 0.352 e. The molecule has 1 rings (SSSR count). The van der Waals surface area contributed by atoms with Gasteiger partial charge in [-0.2, -0.15) is 0 Å². The summed E-state index contributed by atoms with van der Waals surface area (Å²) in [5.41, 5.74) is 0.871. The van der Waals surface area contributed by atoms with E-state index in [1.54, 1.807) is 0 Å². The van der Waals surface area contributed by atoms with E-state index < -0.39 is 11.9 Å². The molecule has 6 nitrogen and oxygen atoms in total. The van der Waals surface area contributed by atoms with Gasteiger partial charge in [-0.15, -0.1) is 0 Å². The van der Waals surface area contributed by atoms with Gasteiger partial charge >= 0.3 is 11.9 Å². The second-order valence-corrected chi connectivity index (χ2v) is 3.62. The van der Waals surface area contributed by atoms with Gasteiger partial charge in [-0.05, 0) is 19.4 Å². The van der Waals surface area contributed by atoms with Crippen molar-refractivity contribution in [1.82, 2.24) is 4.98 Å². The van der Waals surface area contributed by atoms with Crippen LogP contribution >= 0.6 is 0 Å². The topological polar surface area (TPSA) is 96.5 Å². The van der Waals surface area contributed by atoms with Crippen molar-refractivity contribution in [1.29, 1.82) is 0 Å². The van der Waals surface area contributed by atoms with Gasteiger partial charge in [0.1, 0.15) is 12.3 Å². The van der Waals surface area contributed by atoms with Crippen LogP contribution in [0.1, 0.15) is 46.0 Å². The minimum absolute atomic E-state index is 0.0580. The SMILES string of the molecule is CC(=O)OCc1[nH]c(C(=O)O)c(C)c1C(C)=O. The highest BCUT2D eigenvalue weighted by Crippen LogP contribution is 2.20. The van der Waals surface area contributed by atoms with E-state index in [9.17, 15) is 14.4 Å². The molecular formula is C11H13NO5. The molecule has 0 aromatic carbocycles. The van der Waals surface area contributed by atoms with E-state index in [1.165, 1.54) is 20.8 Å². The van der Waals surface area contributed by atoms with Crippen LogP contribution in [0.5, 0.6) is 0 Å². The number of ether oxygens (including phenoxy) is 1. The summed E-state index contributed by atoms with van der Waals surface area (Å²) < 4.78 is 4.75. The zero-order chi connectivity index (χ0) is 13.2. The van der Waals surface area contributed by atoms with Gasteiger partial charge in [0, 0.05) is 12.5 Å². The average molecular weight is 239 g/mol. The molecule has 0 saturated heterocycles. The number of aromatic carboxylic acids is 1. The van der Waals surface area contributed by atoms with Crippen molar-refractivity contribution in [3.8, 4) is 0 Å². The number of nitrogens with one attached hydrogen (secondary N) is 1. The maximum atomic E-state index is 11.4. The first-order chi connectivity index (χ1) is 7.84. The fourth-order valence-corrected chi connectivity index (χ4v) is 1.63. The van der Waals surface area contributed by atoms with E-state index in [0.29, 0.717) is 11.3 Å². The van der Waals surface area contributed by atoms with Crippen molar-refractivity contribution in [3.05, 3.63) is 22.5 Å². The van der Waals surface area contributed by atoms with E-state index in [1.807, 2.05) is 0 Å². The van der Waals surface area contributed by atoms with E-state index in [-0.39, 0.29) is 23.6 Å². The van der Waals surface area contributed by atoms with E-state index in [2.05, 4.69) is 4.98 Å². The Morgan fingerprint density at radius 3 is 2.29 bits per heavy atom. The number of carbonyl (C=O) groups excluding carboxylic acids is 2. The predicted octanol–water partition coefficient (Wildman–Crippen LogP) is 1.29. The zero-order valence-corrected chi connectivity index (χ0v) is 9.79. The molecule has 0 spiro atoms. The number of aromatic nitrogens is 1. The Hall–Kier alpha value is -2.11. The molecule has 0 saturated carbocycles. The van der Waals surface area contributed by atoms with Gasteiger partial charge in [-0.3, -0.25) is 9.59 Å². The summed E-state index contributed by atoms with van der Waals surface area (Å²) in [4.78, 5) is 35.6. The van der Waals surface area contributed by atoms with Gasteiger partial charge in [0.25, 0.3) is 0 Å². The lowest BCUT2D eigenvalue weighted by Crippen LogP contribution is -2.04. The number of carbonyl (C=O) groups is 3. The number of hydrogen-bond donors (Lipinski definition) is 2. The van der Waals surface area contributed by atoms with Crippen LogP contribution in [-0.2, 0) is 16.1 Å². The molecular weight excluding hydrogens is 226 g/mol. The molecule has 0 amide bonds. The summed E-state index contributed by atoms with van der Waals surface area (Å²) in [6, 6.07) is 0. The molecule has 0 radical (unpaired) electrons. The van der Waals surface area contributed by atoms with Crippen LogP contribution in [0, 0.1) is 6.92 Å². The van der Waals surface area contributed by atoms with E-state index >= 15 is 0 Å². The van der Waals surface area contributed by atoms with Crippen LogP contribution in [0.3, 0.4) is 0 Å². The van der Waals surface area contributed by atoms with Crippen LogP contribution in [-0.4, -0.2) is 27.8 Å². The number of ketones is 1. The Morgan fingerprint density at radius 2 is 1.88 bits per heavy atom. The Bertz CT molecular complexity index is 486. The number of hydrogen-bond acceptors (Lipinski definition) is 4. The summed E-state index contributed by atoms with van der Waals surface area (Å²) >= 11 is 0. The van der Waals surface area contributed by atoms with Crippen molar-refractivity contribution >= 4 is 17.7 Å². The third-order valence-corrected chi connectivity index (χ3v) is 2.31. The van der Waals surface area contributed by atoms with Gasteiger partial charge in [0.2, 0.25) is 0 Å². The predicted molar refractivity (Wildman–Crippen MR) is 58.0 cm³/mol. The van der Waals surface area contributed by atoms with Crippen molar-refractivity contribution in [2.24, 2.45) is 0 Å². The quantitative estimate of drug-likeness (QED) is 0.609. The normalized spacial score (nSPS) is 10.1. The molecule has 2 N–H and O–H groups in total. The number of aromatic amines is 1. The number of Topliss-reactive ketones (excluding diaryl/α,β-unsaturated/α-hetero) is 1. The fourth-order valence-electron chi connectivity index (χ4n) is 1.63. The largest absolute Gasteiger partial charge is 0.477 e. The van der Waals surface area contributed by atoms with Crippen molar-refractivity contribution in [2.75, 3.05) is 0 Å². The average Bonchev–Trinajstić information content (AvgIpc) is 2.52. The number of esters is 1. The van der Waals surface area contributed by atoms with Crippen LogP contribution in [0.25, 0.3) is 0 Å². The molecule has 0 aliphatic rings. The lowest BCUT2D eigenvalue weighted by molar-refractivity contribution is -0.142. The Kier molecular flexibility index (Phi) is 3.67. The van der Waals surface area contributed by atoms with Crippen molar-refractivity contribution < 1.29 is 24.2 Å². The molecule has 6 heteroatoms. The summed E-state index contributed by atoms with van der Waals surface area (Å²) in [7, 11) is 0. The Morgan fingerprint density at radius 1 is 1.29 bits per heavy atom. The second-order valence-electron chi connectivity index (χ2n) is 3.62. The number of carboxylic acid groups (broad SMARTS) is 1. The highest BCUT2D eigenvalue weighted by atomic mass is 16.5. The molecule has 0 fully saturated rings. The molecule has 17 heavy (non-hydrogen) atoms. The Balaban J connectivity index is 3.19. The summed E-state index contributed by atoms with van der Waals surface area (Å²) in [6.07, 6.45) is 0. The van der Waals surface area contributed by atoms with Crippen LogP contribution in [0.2, 0.25) is 0 Å². The fraction of sp³-hybridized carbons (Fsp3) is 0.364. The lowest BCUT2D eigenvalue weighted by atomic mass is 10.1. The van der Waals surface area contributed by atoms with Crippen LogP contribution in [0.15, 0.2) is 0 Å². The molecule has 1 aromatic heterocycles. The highest BCUT2D eigenvalue weighted by molar-refractivity contribution is 6.00. The molecule has 0 atom stereocenters. The molecule has 0 unspecified atom stereocenters. The first-order valence-corrected chi connectivity index (χ1v) is 4.93.